The fraction of sp³-hybridized carbons (Fsp3) is 0.571. The van der Waals surface area contributed by atoms with Crippen LogP contribution in [0.5, 0.6) is 0 Å². The fourth-order valence-electron chi connectivity index (χ4n) is 0.945. The number of methoxy groups -OCH3 is 1. The quantitative estimate of drug-likeness (QED) is 0.391. The average Bonchev–Trinajstić information content (AvgIpc) is 2.01. The highest BCUT2D eigenvalue weighted by molar-refractivity contribution is 6.01. The molecule has 0 radical (unpaired) electrons. The number of cyclic esters (lactones) is 1. The molecule has 66 valence electrons. The van der Waals surface area contributed by atoms with Gasteiger partial charge in [0.15, 0.2) is 0 Å². The van der Waals surface area contributed by atoms with Gasteiger partial charge in [-0.1, -0.05) is 0 Å². The molecule has 0 saturated carbocycles. The van der Waals surface area contributed by atoms with Crippen molar-refractivity contribution >= 4 is 17.7 Å². The predicted octanol–water partition coefficient (Wildman–Crippen LogP) is -0.566. The Kier molecular flexibility index (Phi) is 2.42. The molecule has 0 bridgehead atoms. The molecule has 0 N–H and O–H groups in total. The Bertz CT molecular complexity index is 216. The van der Waals surface area contributed by atoms with Crippen LogP contribution in [0.2, 0.25) is 0 Å². The molecule has 1 rings (SSSR count). The molecule has 0 aromatic rings. The van der Waals surface area contributed by atoms with Gasteiger partial charge in [-0.15, -0.1) is 0 Å². The lowest BCUT2D eigenvalue weighted by Gasteiger charge is -2.18. The molecule has 0 unspecified atom stereocenters. The molecule has 1 aliphatic rings. The number of Topliss-reactive ketones (excluding diaryl/α,β-unsaturated/α-hetero) is 1. The predicted molar refractivity (Wildman–Crippen MR) is 36.1 cm³/mol. The van der Waals surface area contributed by atoms with Crippen molar-refractivity contribution in [3.63, 3.8) is 0 Å². The van der Waals surface area contributed by atoms with Gasteiger partial charge in [-0.25, -0.2) is 4.79 Å². The van der Waals surface area contributed by atoms with Crippen LogP contribution in [0.1, 0.15) is 12.8 Å². The van der Waals surface area contributed by atoms with Crippen LogP contribution in [0.3, 0.4) is 0 Å². The van der Waals surface area contributed by atoms with Gasteiger partial charge in [0.25, 0.3) is 0 Å². The third-order valence-corrected chi connectivity index (χ3v) is 1.49. The second-order valence-electron chi connectivity index (χ2n) is 2.42. The lowest BCUT2D eigenvalue weighted by molar-refractivity contribution is -0.172. The Hall–Kier alpha value is -1.39. The molecule has 1 aliphatic heterocycles. The smallest absolute Gasteiger partial charge is 0.347 e. The van der Waals surface area contributed by atoms with Crippen molar-refractivity contribution < 1.29 is 23.9 Å². The molecular weight excluding hydrogens is 164 g/mol. The Morgan fingerprint density at radius 3 is 2.75 bits per heavy atom. The van der Waals surface area contributed by atoms with Gasteiger partial charge in [0.05, 0.1) is 13.5 Å². The number of carbonyl (C=O) groups excluding carboxylic acids is 3. The van der Waals surface area contributed by atoms with Gasteiger partial charge in [-0.05, 0) is 0 Å². The van der Waals surface area contributed by atoms with Gasteiger partial charge in [0.2, 0.25) is 6.10 Å². The minimum atomic E-state index is -1.04. The Morgan fingerprint density at radius 1 is 1.58 bits per heavy atom. The van der Waals surface area contributed by atoms with E-state index >= 15 is 0 Å². The molecule has 5 heteroatoms. The maximum Gasteiger partial charge on any atom is 0.347 e. The van der Waals surface area contributed by atoms with Crippen LogP contribution in [-0.4, -0.2) is 30.9 Å². The number of rotatable bonds is 1. The zero-order valence-corrected chi connectivity index (χ0v) is 6.53. The van der Waals surface area contributed by atoms with Gasteiger partial charge in [0.1, 0.15) is 12.2 Å². The van der Waals surface area contributed by atoms with Crippen LogP contribution in [0, 0.1) is 0 Å². The summed E-state index contributed by atoms with van der Waals surface area (Å²) in [5, 5.41) is 0. The topological polar surface area (TPSA) is 69.7 Å². The molecule has 12 heavy (non-hydrogen) atoms. The first-order chi connectivity index (χ1) is 5.63. The molecule has 1 saturated heterocycles. The first-order valence-electron chi connectivity index (χ1n) is 3.42. The number of carbonyl (C=O) groups is 3. The zero-order valence-electron chi connectivity index (χ0n) is 6.53. The van der Waals surface area contributed by atoms with Crippen molar-refractivity contribution in [3.05, 3.63) is 0 Å². The number of esters is 2. The highest BCUT2D eigenvalue weighted by Gasteiger charge is 2.32. The van der Waals surface area contributed by atoms with E-state index in [9.17, 15) is 14.4 Å². The lowest BCUT2D eigenvalue weighted by atomic mass is 10.1. The molecular formula is C7H8O5. The van der Waals surface area contributed by atoms with E-state index in [4.69, 9.17) is 0 Å². The van der Waals surface area contributed by atoms with E-state index in [1.54, 1.807) is 0 Å². The molecule has 5 nitrogen and oxygen atoms in total. The standard InChI is InChI=1S/C7H8O5/c1-11-7(10)5-2-4(8)3-6(9)12-5/h5H,2-3H2,1H3/t5-/m0/s1. The summed E-state index contributed by atoms with van der Waals surface area (Å²) >= 11 is 0. The number of ether oxygens (including phenoxy) is 2. The number of hydrogen-bond donors (Lipinski definition) is 0. The Morgan fingerprint density at radius 2 is 2.25 bits per heavy atom. The SMILES string of the molecule is COC(=O)[C@@H]1CC(=O)CC(=O)O1. The van der Waals surface area contributed by atoms with Gasteiger partial charge < -0.3 is 9.47 Å². The van der Waals surface area contributed by atoms with Crippen molar-refractivity contribution in [2.75, 3.05) is 7.11 Å². The molecule has 1 heterocycles. The maximum absolute atomic E-state index is 10.8. The van der Waals surface area contributed by atoms with Crippen molar-refractivity contribution in [1.82, 2.24) is 0 Å². The van der Waals surface area contributed by atoms with Crippen LogP contribution in [-0.2, 0) is 23.9 Å². The molecule has 0 spiro atoms. The second-order valence-corrected chi connectivity index (χ2v) is 2.42. The summed E-state index contributed by atoms with van der Waals surface area (Å²) in [4.78, 5) is 32.3. The van der Waals surface area contributed by atoms with Crippen LogP contribution >= 0.6 is 0 Å². The summed E-state index contributed by atoms with van der Waals surface area (Å²) in [6.45, 7) is 0. The minimum Gasteiger partial charge on any atom is -0.466 e. The van der Waals surface area contributed by atoms with Crippen LogP contribution in [0.4, 0.5) is 0 Å². The third-order valence-electron chi connectivity index (χ3n) is 1.49. The summed E-state index contributed by atoms with van der Waals surface area (Å²) in [7, 11) is 1.18. The van der Waals surface area contributed by atoms with Crippen molar-refractivity contribution in [2.45, 2.75) is 18.9 Å². The summed E-state index contributed by atoms with van der Waals surface area (Å²) < 4.78 is 8.89. The summed E-state index contributed by atoms with van der Waals surface area (Å²) in [5.41, 5.74) is 0. The fourth-order valence-corrected chi connectivity index (χ4v) is 0.945. The Balaban J connectivity index is 2.61. The van der Waals surface area contributed by atoms with Crippen molar-refractivity contribution in [1.29, 1.82) is 0 Å². The van der Waals surface area contributed by atoms with E-state index in [0.717, 1.165) is 0 Å². The molecule has 0 aromatic carbocycles. The second kappa shape index (κ2) is 3.34. The van der Waals surface area contributed by atoms with E-state index in [-0.39, 0.29) is 18.6 Å². The molecule has 0 aromatic heterocycles. The molecule has 1 fully saturated rings. The van der Waals surface area contributed by atoms with Gasteiger partial charge in [0, 0.05) is 0 Å². The van der Waals surface area contributed by atoms with Gasteiger partial charge in [-0.2, -0.15) is 0 Å². The van der Waals surface area contributed by atoms with Crippen LogP contribution in [0.25, 0.3) is 0 Å². The number of hydrogen-bond acceptors (Lipinski definition) is 5. The van der Waals surface area contributed by atoms with Crippen molar-refractivity contribution in [2.24, 2.45) is 0 Å². The highest BCUT2D eigenvalue weighted by Crippen LogP contribution is 2.11. The average molecular weight is 172 g/mol. The number of ketones is 1. The van der Waals surface area contributed by atoms with Gasteiger partial charge in [-0.3, -0.25) is 9.59 Å². The zero-order chi connectivity index (χ0) is 9.14. The minimum absolute atomic E-state index is 0.0710. The Labute approximate surface area is 68.6 Å². The molecule has 0 aliphatic carbocycles. The van der Waals surface area contributed by atoms with Crippen LogP contribution in [0.15, 0.2) is 0 Å². The lowest BCUT2D eigenvalue weighted by Crippen LogP contribution is -2.36. The van der Waals surface area contributed by atoms with Crippen molar-refractivity contribution in [3.8, 4) is 0 Å². The monoisotopic (exact) mass is 172 g/mol. The van der Waals surface area contributed by atoms with E-state index in [1.807, 2.05) is 0 Å². The van der Waals surface area contributed by atoms with E-state index in [2.05, 4.69) is 9.47 Å². The van der Waals surface area contributed by atoms with E-state index < -0.39 is 18.0 Å². The highest BCUT2D eigenvalue weighted by atomic mass is 16.6. The molecule has 0 amide bonds. The van der Waals surface area contributed by atoms with Gasteiger partial charge >= 0.3 is 11.9 Å². The first kappa shape index (κ1) is 8.70. The summed E-state index contributed by atoms with van der Waals surface area (Å²) in [6.07, 6.45) is -1.35. The third kappa shape index (κ3) is 1.81. The first-order valence-corrected chi connectivity index (χ1v) is 3.42. The van der Waals surface area contributed by atoms with Crippen LogP contribution < -0.4 is 0 Å². The normalized spacial score (nSPS) is 23.2. The van der Waals surface area contributed by atoms with E-state index in [0.29, 0.717) is 0 Å². The van der Waals surface area contributed by atoms with E-state index in [1.165, 1.54) is 7.11 Å². The largest absolute Gasteiger partial charge is 0.466 e. The molecule has 1 atom stereocenters. The maximum atomic E-state index is 10.8. The summed E-state index contributed by atoms with van der Waals surface area (Å²) in [6, 6.07) is 0. The summed E-state index contributed by atoms with van der Waals surface area (Å²) in [5.74, 6) is -1.64.